The van der Waals surface area contributed by atoms with Gasteiger partial charge in [0.15, 0.2) is 0 Å². The number of aryl methyl sites for hydroxylation is 1. The van der Waals surface area contributed by atoms with E-state index in [-0.39, 0.29) is 17.5 Å². The number of nitrogens with one attached hydrogen (secondary N) is 1. The summed E-state index contributed by atoms with van der Waals surface area (Å²) in [7, 11) is 1.61. The molecule has 1 saturated heterocycles. The van der Waals surface area contributed by atoms with Gasteiger partial charge in [-0.1, -0.05) is 42.5 Å². The van der Waals surface area contributed by atoms with Crippen molar-refractivity contribution < 1.29 is 9.53 Å². The van der Waals surface area contributed by atoms with E-state index < -0.39 is 0 Å². The van der Waals surface area contributed by atoms with Crippen LogP contribution in [-0.2, 0) is 0 Å². The second kappa shape index (κ2) is 8.13. The lowest BCUT2D eigenvalue weighted by Gasteiger charge is -2.42. The summed E-state index contributed by atoms with van der Waals surface area (Å²) in [6.07, 6.45) is 2.43. The van der Waals surface area contributed by atoms with Gasteiger partial charge in [0.05, 0.1) is 18.7 Å². The van der Waals surface area contributed by atoms with Gasteiger partial charge in [-0.05, 0) is 63.9 Å². The average molecular weight is 367 g/mol. The lowest BCUT2D eigenvalue weighted by molar-refractivity contribution is 0.0775. The first-order chi connectivity index (χ1) is 12.9. The Morgan fingerprint density at radius 1 is 1.07 bits per heavy atom. The maximum Gasteiger partial charge on any atom is 0.255 e. The summed E-state index contributed by atoms with van der Waals surface area (Å²) in [5.74, 6) is 0.518. The summed E-state index contributed by atoms with van der Waals surface area (Å²) in [5, 5.41) is 3.32. The Morgan fingerprint density at radius 3 is 2.37 bits per heavy atom. The Morgan fingerprint density at radius 2 is 1.74 bits per heavy atom. The fourth-order valence-corrected chi connectivity index (χ4v) is 4.09. The zero-order valence-electron chi connectivity index (χ0n) is 16.8. The van der Waals surface area contributed by atoms with Crippen molar-refractivity contribution in [3.05, 3.63) is 65.2 Å². The highest BCUT2D eigenvalue weighted by molar-refractivity contribution is 5.98. The van der Waals surface area contributed by atoms with E-state index in [9.17, 15) is 4.79 Å². The predicted octanol–water partition coefficient (Wildman–Crippen LogP) is 4.35. The molecule has 3 rings (SSSR count). The third-order valence-electron chi connectivity index (χ3n) is 5.72. The lowest BCUT2D eigenvalue weighted by Crippen LogP contribution is -2.52. The van der Waals surface area contributed by atoms with Gasteiger partial charge in [-0.3, -0.25) is 9.69 Å². The van der Waals surface area contributed by atoms with Crippen LogP contribution in [0, 0.1) is 6.92 Å². The van der Waals surface area contributed by atoms with Gasteiger partial charge in [-0.2, -0.15) is 0 Å². The van der Waals surface area contributed by atoms with Crippen LogP contribution in [0.1, 0.15) is 54.2 Å². The van der Waals surface area contributed by atoms with Gasteiger partial charge in [0, 0.05) is 5.54 Å². The molecular formula is C23H30N2O2. The Bertz CT molecular complexity index is 780. The minimum atomic E-state index is -0.191. The Labute approximate surface area is 162 Å². The molecule has 1 unspecified atom stereocenters. The van der Waals surface area contributed by atoms with E-state index in [4.69, 9.17) is 4.74 Å². The first-order valence-corrected chi connectivity index (χ1v) is 9.69. The van der Waals surface area contributed by atoms with Crippen molar-refractivity contribution in [3.8, 4) is 5.75 Å². The van der Waals surface area contributed by atoms with Gasteiger partial charge in [0.25, 0.3) is 5.91 Å². The maximum absolute atomic E-state index is 13.3. The summed E-state index contributed by atoms with van der Waals surface area (Å²) in [5.41, 5.74) is 2.45. The zero-order valence-corrected chi connectivity index (χ0v) is 16.8. The van der Waals surface area contributed by atoms with Crippen molar-refractivity contribution in [3.63, 3.8) is 0 Å². The molecule has 0 aromatic heterocycles. The van der Waals surface area contributed by atoms with Crippen LogP contribution in [0.4, 0.5) is 0 Å². The summed E-state index contributed by atoms with van der Waals surface area (Å²) in [6.45, 7) is 8.54. The second-order valence-electron chi connectivity index (χ2n) is 7.82. The predicted molar refractivity (Wildman–Crippen MR) is 109 cm³/mol. The number of benzene rings is 2. The molecule has 0 spiro atoms. The number of nitrogens with zero attached hydrogens (tertiary/aromatic N) is 1. The molecule has 0 radical (unpaired) electrons. The molecule has 1 aliphatic rings. The molecule has 1 heterocycles. The highest BCUT2D eigenvalue weighted by atomic mass is 16.5. The van der Waals surface area contributed by atoms with Crippen molar-refractivity contribution >= 4 is 5.91 Å². The Balaban J connectivity index is 1.96. The number of methoxy groups -OCH3 is 1. The van der Waals surface area contributed by atoms with Crippen LogP contribution in [0.15, 0.2) is 48.5 Å². The number of rotatable bonds is 6. The van der Waals surface area contributed by atoms with Crippen LogP contribution in [-0.4, -0.2) is 36.5 Å². The summed E-state index contributed by atoms with van der Waals surface area (Å²) in [4.78, 5) is 15.8. The van der Waals surface area contributed by atoms with Crippen LogP contribution < -0.4 is 10.1 Å². The SMILES string of the molecule is COc1cccc(C)c1C(=O)NC(c1ccccc1)C(C)(C)N1CCCC1. The Hall–Kier alpha value is -2.33. The molecule has 1 aliphatic heterocycles. The van der Waals surface area contributed by atoms with Gasteiger partial charge in [0.1, 0.15) is 5.75 Å². The first kappa shape index (κ1) is 19.4. The number of carbonyl (C=O) groups is 1. The first-order valence-electron chi connectivity index (χ1n) is 9.69. The third kappa shape index (κ3) is 4.01. The normalized spacial score (nSPS) is 16.1. The van der Waals surface area contributed by atoms with E-state index >= 15 is 0 Å². The minimum Gasteiger partial charge on any atom is -0.496 e. The van der Waals surface area contributed by atoms with Gasteiger partial charge in [-0.25, -0.2) is 0 Å². The fourth-order valence-electron chi connectivity index (χ4n) is 4.09. The number of hydrogen-bond acceptors (Lipinski definition) is 3. The number of likely N-dealkylation sites (tertiary alicyclic amines) is 1. The highest BCUT2D eigenvalue weighted by Crippen LogP contribution is 2.34. The van der Waals surface area contributed by atoms with E-state index in [1.807, 2.05) is 43.3 Å². The van der Waals surface area contributed by atoms with E-state index in [1.54, 1.807) is 7.11 Å². The third-order valence-corrected chi connectivity index (χ3v) is 5.72. The van der Waals surface area contributed by atoms with Crippen LogP contribution in [0.5, 0.6) is 5.75 Å². The largest absolute Gasteiger partial charge is 0.496 e. The van der Waals surface area contributed by atoms with E-state index in [2.05, 4.69) is 36.2 Å². The fraction of sp³-hybridized carbons (Fsp3) is 0.435. The molecule has 4 nitrogen and oxygen atoms in total. The zero-order chi connectivity index (χ0) is 19.4. The second-order valence-corrected chi connectivity index (χ2v) is 7.82. The molecule has 1 amide bonds. The van der Waals surface area contributed by atoms with Crippen molar-refractivity contribution in [1.29, 1.82) is 0 Å². The lowest BCUT2D eigenvalue weighted by atomic mass is 9.86. The van der Waals surface area contributed by atoms with E-state index in [0.29, 0.717) is 11.3 Å². The highest BCUT2D eigenvalue weighted by Gasteiger charge is 2.39. The van der Waals surface area contributed by atoms with Crippen molar-refractivity contribution in [2.75, 3.05) is 20.2 Å². The molecule has 1 atom stereocenters. The van der Waals surface area contributed by atoms with Crippen molar-refractivity contribution in [2.45, 2.75) is 45.2 Å². The standard InChI is InChI=1S/C23H30N2O2/c1-17-11-10-14-19(27-4)20(17)22(26)24-21(18-12-6-5-7-13-18)23(2,3)25-15-8-9-16-25/h5-7,10-14,21H,8-9,15-16H2,1-4H3,(H,24,26). The molecule has 144 valence electrons. The minimum absolute atomic E-state index is 0.0916. The molecule has 0 bridgehead atoms. The molecule has 2 aromatic rings. The van der Waals surface area contributed by atoms with Crippen LogP contribution in [0.2, 0.25) is 0 Å². The number of ether oxygens (including phenoxy) is 1. The Kier molecular flexibility index (Phi) is 5.85. The van der Waals surface area contributed by atoms with Crippen LogP contribution >= 0.6 is 0 Å². The number of hydrogen-bond donors (Lipinski definition) is 1. The van der Waals surface area contributed by atoms with Gasteiger partial charge < -0.3 is 10.1 Å². The van der Waals surface area contributed by atoms with Gasteiger partial charge >= 0.3 is 0 Å². The molecule has 27 heavy (non-hydrogen) atoms. The molecule has 2 aromatic carbocycles. The van der Waals surface area contributed by atoms with Crippen LogP contribution in [0.25, 0.3) is 0 Å². The van der Waals surface area contributed by atoms with Crippen molar-refractivity contribution in [2.24, 2.45) is 0 Å². The number of carbonyl (C=O) groups excluding carboxylic acids is 1. The maximum atomic E-state index is 13.3. The molecule has 4 heteroatoms. The smallest absolute Gasteiger partial charge is 0.255 e. The summed E-state index contributed by atoms with van der Waals surface area (Å²) >= 11 is 0. The summed E-state index contributed by atoms with van der Waals surface area (Å²) < 4.78 is 5.45. The summed E-state index contributed by atoms with van der Waals surface area (Å²) in [6, 6.07) is 15.8. The topological polar surface area (TPSA) is 41.6 Å². The quantitative estimate of drug-likeness (QED) is 0.826. The van der Waals surface area contributed by atoms with Gasteiger partial charge in [0.2, 0.25) is 0 Å². The van der Waals surface area contributed by atoms with E-state index in [1.165, 1.54) is 12.8 Å². The monoisotopic (exact) mass is 366 g/mol. The molecule has 1 fully saturated rings. The van der Waals surface area contributed by atoms with E-state index in [0.717, 1.165) is 24.2 Å². The van der Waals surface area contributed by atoms with Crippen LogP contribution in [0.3, 0.4) is 0 Å². The molecular weight excluding hydrogens is 336 g/mol. The molecule has 0 aliphatic carbocycles. The van der Waals surface area contributed by atoms with Gasteiger partial charge in [-0.15, -0.1) is 0 Å². The number of amides is 1. The van der Waals surface area contributed by atoms with Crippen molar-refractivity contribution in [1.82, 2.24) is 10.2 Å². The average Bonchev–Trinajstić information content (AvgIpc) is 3.22. The molecule has 0 saturated carbocycles. The molecule has 1 N–H and O–H groups in total.